The smallest absolute Gasteiger partial charge is 0.237 e. The van der Waals surface area contributed by atoms with E-state index in [9.17, 15) is 4.79 Å². The Bertz CT molecular complexity index is 192. The summed E-state index contributed by atoms with van der Waals surface area (Å²) in [7, 11) is 3.95. The number of hydrogen-bond acceptors (Lipinski definition) is 3. The third-order valence-electron chi connectivity index (χ3n) is 2.21. The van der Waals surface area contributed by atoms with Crippen molar-refractivity contribution in [2.45, 2.75) is 25.4 Å². The van der Waals surface area contributed by atoms with Crippen molar-refractivity contribution in [1.82, 2.24) is 10.2 Å². The van der Waals surface area contributed by atoms with Crippen molar-refractivity contribution in [3.8, 4) is 0 Å². The largest absolute Gasteiger partial charge is 0.353 e. The Morgan fingerprint density at radius 3 is 2.64 bits per heavy atom. The molecule has 0 bridgehead atoms. The molecule has 0 rings (SSSR count). The summed E-state index contributed by atoms with van der Waals surface area (Å²) in [4.78, 5) is 13.4. The lowest BCUT2D eigenvalue weighted by molar-refractivity contribution is -0.122. The number of carbonyl (C=O) groups excluding carboxylic acids is 1. The van der Waals surface area contributed by atoms with Crippen molar-refractivity contribution in [1.29, 1.82) is 0 Å². The summed E-state index contributed by atoms with van der Waals surface area (Å²) in [6.45, 7) is 6.20. The van der Waals surface area contributed by atoms with E-state index in [1.54, 1.807) is 6.08 Å². The molecule has 0 fully saturated rings. The van der Waals surface area contributed by atoms with Crippen LogP contribution in [0.5, 0.6) is 0 Å². The number of likely N-dealkylation sites (N-methyl/N-ethyl adjacent to an activating group) is 1. The Morgan fingerprint density at radius 1 is 1.64 bits per heavy atom. The summed E-state index contributed by atoms with van der Waals surface area (Å²) in [6.07, 6.45) is 2.17. The monoisotopic (exact) mass is 199 g/mol. The first-order valence-corrected chi connectivity index (χ1v) is 4.79. The highest BCUT2D eigenvalue weighted by molar-refractivity contribution is 5.81. The Morgan fingerprint density at radius 2 is 2.21 bits per heavy atom. The molecule has 4 heteroatoms. The van der Waals surface area contributed by atoms with Crippen LogP contribution in [0.1, 0.15) is 13.3 Å². The van der Waals surface area contributed by atoms with Crippen molar-refractivity contribution >= 4 is 5.91 Å². The van der Waals surface area contributed by atoms with Gasteiger partial charge in [-0.15, -0.1) is 6.58 Å². The molecule has 3 N–H and O–H groups in total. The number of hydrogen-bond donors (Lipinski definition) is 2. The van der Waals surface area contributed by atoms with E-state index in [1.165, 1.54) is 0 Å². The average molecular weight is 199 g/mol. The fourth-order valence-corrected chi connectivity index (χ4v) is 0.849. The number of rotatable bonds is 6. The molecule has 0 spiro atoms. The van der Waals surface area contributed by atoms with Gasteiger partial charge in [-0.2, -0.15) is 0 Å². The van der Waals surface area contributed by atoms with Gasteiger partial charge in [0.1, 0.15) is 0 Å². The molecule has 2 unspecified atom stereocenters. The van der Waals surface area contributed by atoms with Gasteiger partial charge >= 0.3 is 0 Å². The molecule has 0 saturated carbocycles. The van der Waals surface area contributed by atoms with Gasteiger partial charge in [0.25, 0.3) is 0 Å². The van der Waals surface area contributed by atoms with Crippen LogP contribution in [0, 0.1) is 0 Å². The molecule has 0 aliphatic heterocycles. The molecule has 82 valence electrons. The van der Waals surface area contributed by atoms with Crippen molar-refractivity contribution in [3.63, 3.8) is 0 Å². The molecule has 4 nitrogen and oxygen atoms in total. The van der Waals surface area contributed by atoms with Crippen LogP contribution >= 0.6 is 0 Å². The highest BCUT2D eigenvalue weighted by atomic mass is 16.2. The van der Waals surface area contributed by atoms with Gasteiger partial charge in [-0.3, -0.25) is 4.79 Å². The maximum atomic E-state index is 11.4. The summed E-state index contributed by atoms with van der Waals surface area (Å²) in [6, 6.07) is -0.156. The van der Waals surface area contributed by atoms with Gasteiger partial charge in [0.2, 0.25) is 5.91 Å². The lowest BCUT2D eigenvalue weighted by atomic mass is 10.2. The lowest BCUT2D eigenvalue weighted by Crippen LogP contribution is -2.45. The number of nitrogens with zero attached hydrogens (tertiary/aromatic N) is 1. The van der Waals surface area contributed by atoms with Crippen LogP contribution in [-0.4, -0.2) is 43.5 Å². The van der Waals surface area contributed by atoms with Gasteiger partial charge in [0.05, 0.1) is 6.04 Å². The first-order valence-electron chi connectivity index (χ1n) is 4.79. The maximum absolute atomic E-state index is 11.4. The minimum Gasteiger partial charge on any atom is -0.353 e. The molecule has 0 saturated heterocycles. The Labute approximate surface area is 86.1 Å². The SMILES string of the molecule is C=CCC(N)C(=O)NCC(C)N(C)C. The summed E-state index contributed by atoms with van der Waals surface area (Å²) < 4.78 is 0. The van der Waals surface area contributed by atoms with E-state index in [1.807, 2.05) is 25.9 Å². The summed E-state index contributed by atoms with van der Waals surface area (Å²) in [5, 5.41) is 2.79. The molecule has 1 amide bonds. The topological polar surface area (TPSA) is 58.4 Å². The number of amides is 1. The van der Waals surface area contributed by atoms with Crippen molar-refractivity contribution < 1.29 is 4.79 Å². The summed E-state index contributed by atoms with van der Waals surface area (Å²) in [5.41, 5.74) is 5.59. The van der Waals surface area contributed by atoms with E-state index in [-0.39, 0.29) is 5.91 Å². The molecule has 2 atom stereocenters. The van der Waals surface area contributed by atoms with E-state index in [0.29, 0.717) is 19.0 Å². The second-order valence-electron chi connectivity index (χ2n) is 3.69. The Kier molecular flexibility index (Phi) is 6.16. The number of carbonyl (C=O) groups is 1. The predicted octanol–water partition coefficient (Wildman–Crippen LogP) is -0.0439. The molecule has 0 aliphatic carbocycles. The third-order valence-corrected chi connectivity index (χ3v) is 2.21. The van der Waals surface area contributed by atoms with Gasteiger partial charge in [0.15, 0.2) is 0 Å². The van der Waals surface area contributed by atoms with Crippen LogP contribution in [0.2, 0.25) is 0 Å². The van der Waals surface area contributed by atoms with E-state index < -0.39 is 6.04 Å². The fourth-order valence-electron chi connectivity index (χ4n) is 0.849. The van der Waals surface area contributed by atoms with E-state index in [2.05, 4.69) is 11.9 Å². The molecule has 14 heavy (non-hydrogen) atoms. The zero-order valence-electron chi connectivity index (χ0n) is 9.29. The molecular weight excluding hydrogens is 178 g/mol. The predicted molar refractivity (Wildman–Crippen MR) is 58.9 cm³/mol. The Hall–Kier alpha value is -0.870. The van der Waals surface area contributed by atoms with Gasteiger partial charge < -0.3 is 16.0 Å². The molecule has 0 radical (unpaired) electrons. The normalized spacial score (nSPS) is 14.9. The van der Waals surface area contributed by atoms with Crippen LogP contribution in [-0.2, 0) is 4.79 Å². The van der Waals surface area contributed by atoms with Crippen LogP contribution in [0.25, 0.3) is 0 Å². The molecule has 0 aliphatic rings. The standard InChI is InChI=1S/C10H21N3O/c1-5-6-9(11)10(14)12-7-8(2)13(3)4/h5,8-9H,1,6-7,11H2,2-4H3,(H,12,14). The molecule has 0 aromatic rings. The second-order valence-corrected chi connectivity index (χ2v) is 3.69. The number of nitrogens with one attached hydrogen (secondary N) is 1. The zero-order chi connectivity index (χ0) is 11.1. The summed E-state index contributed by atoms with van der Waals surface area (Å²) in [5.74, 6) is -0.112. The van der Waals surface area contributed by atoms with E-state index in [0.717, 1.165) is 0 Å². The van der Waals surface area contributed by atoms with Crippen molar-refractivity contribution in [2.75, 3.05) is 20.6 Å². The minimum atomic E-state index is -0.470. The van der Waals surface area contributed by atoms with Crippen LogP contribution < -0.4 is 11.1 Å². The minimum absolute atomic E-state index is 0.112. The quantitative estimate of drug-likeness (QED) is 0.590. The van der Waals surface area contributed by atoms with Crippen LogP contribution in [0.4, 0.5) is 0 Å². The molecule has 0 heterocycles. The van der Waals surface area contributed by atoms with Crippen LogP contribution in [0.15, 0.2) is 12.7 Å². The first kappa shape index (κ1) is 13.1. The highest BCUT2D eigenvalue weighted by Gasteiger charge is 2.12. The molecular formula is C10H21N3O. The molecule has 0 aromatic heterocycles. The Balaban J connectivity index is 3.78. The van der Waals surface area contributed by atoms with Crippen molar-refractivity contribution in [3.05, 3.63) is 12.7 Å². The average Bonchev–Trinajstić information content (AvgIpc) is 2.13. The lowest BCUT2D eigenvalue weighted by Gasteiger charge is -2.20. The van der Waals surface area contributed by atoms with Gasteiger partial charge in [-0.05, 0) is 27.4 Å². The third kappa shape index (κ3) is 4.99. The highest BCUT2D eigenvalue weighted by Crippen LogP contribution is 1.91. The zero-order valence-corrected chi connectivity index (χ0v) is 9.29. The van der Waals surface area contributed by atoms with Crippen LogP contribution in [0.3, 0.4) is 0 Å². The van der Waals surface area contributed by atoms with Gasteiger partial charge in [0, 0.05) is 12.6 Å². The van der Waals surface area contributed by atoms with Gasteiger partial charge in [-0.25, -0.2) is 0 Å². The number of nitrogens with two attached hydrogens (primary N) is 1. The molecule has 0 aromatic carbocycles. The summed E-state index contributed by atoms with van der Waals surface area (Å²) >= 11 is 0. The second kappa shape index (κ2) is 6.56. The van der Waals surface area contributed by atoms with E-state index >= 15 is 0 Å². The van der Waals surface area contributed by atoms with E-state index in [4.69, 9.17) is 5.73 Å². The van der Waals surface area contributed by atoms with Gasteiger partial charge in [-0.1, -0.05) is 6.08 Å². The maximum Gasteiger partial charge on any atom is 0.237 e. The van der Waals surface area contributed by atoms with Crippen molar-refractivity contribution in [2.24, 2.45) is 5.73 Å². The fraction of sp³-hybridized carbons (Fsp3) is 0.700. The first-order chi connectivity index (χ1) is 6.49.